The predicted molar refractivity (Wildman–Crippen MR) is 61.7 cm³/mol. The van der Waals surface area contributed by atoms with Crippen molar-refractivity contribution in [1.82, 2.24) is 10.3 Å². The molecule has 0 radical (unpaired) electrons. The molecular weight excluding hydrogens is 210 g/mol. The molecule has 0 fully saturated rings. The van der Waals surface area contributed by atoms with Crippen LogP contribution in [0.3, 0.4) is 0 Å². The van der Waals surface area contributed by atoms with Crippen molar-refractivity contribution in [3.63, 3.8) is 0 Å². The van der Waals surface area contributed by atoms with Gasteiger partial charge in [0.1, 0.15) is 0 Å². The third-order valence-corrected chi connectivity index (χ3v) is 2.80. The van der Waals surface area contributed by atoms with E-state index in [1.807, 2.05) is 19.2 Å². The number of aryl methyl sites for hydroxylation is 1. The van der Waals surface area contributed by atoms with E-state index in [9.17, 15) is 4.79 Å². The molecule has 0 spiro atoms. The zero-order valence-corrected chi connectivity index (χ0v) is 10.3. The first-order valence-corrected chi connectivity index (χ1v) is 5.70. The van der Waals surface area contributed by atoms with Gasteiger partial charge in [0.05, 0.1) is 22.3 Å². The van der Waals surface area contributed by atoms with E-state index < -0.39 is 5.54 Å². The fourth-order valence-electron chi connectivity index (χ4n) is 1.04. The summed E-state index contributed by atoms with van der Waals surface area (Å²) in [7, 11) is 0. The third-order valence-electron chi connectivity index (χ3n) is 2.01. The van der Waals surface area contributed by atoms with Crippen LogP contribution in [0.1, 0.15) is 37.5 Å². The summed E-state index contributed by atoms with van der Waals surface area (Å²) >= 11 is 1.57. The lowest BCUT2D eigenvalue weighted by Gasteiger charge is -2.20. The first kappa shape index (κ1) is 12.1. The number of nitrogens with one attached hydrogen (secondary N) is 1. The van der Waals surface area contributed by atoms with Crippen LogP contribution in [-0.2, 0) is 4.79 Å². The van der Waals surface area contributed by atoms with Crippen molar-refractivity contribution in [2.75, 3.05) is 0 Å². The molecule has 4 nitrogen and oxygen atoms in total. The summed E-state index contributed by atoms with van der Waals surface area (Å²) in [5.41, 5.74) is 5.72. The summed E-state index contributed by atoms with van der Waals surface area (Å²) in [6.07, 6.45) is 0. The number of carbonyl (C=O) groups is 1. The van der Waals surface area contributed by atoms with E-state index in [0.29, 0.717) is 0 Å². The summed E-state index contributed by atoms with van der Waals surface area (Å²) < 4.78 is 0. The number of nitrogens with zero attached hydrogens (tertiary/aromatic N) is 1. The largest absolute Gasteiger partial charge is 0.346 e. The molecule has 1 heterocycles. The van der Waals surface area contributed by atoms with Crippen LogP contribution in [0.25, 0.3) is 0 Å². The normalized spacial score (nSPS) is 13.7. The highest BCUT2D eigenvalue weighted by Gasteiger charge is 2.24. The molecule has 1 aromatic heterocycles. The molecule has 1 atom stereocenters. The Bertz CT molecular complexity index is 354. The molecular formula is C10H17N3OS. The molecule has 0 saturated heterocycles. The van der Waals surface area contributed by atoms with Gasteiger partial charge in [-0.2, -0.15) is 0 Å². The fourth-order valence-corrected chi connectivity index (χ4v) is 1.74. The second kappa shape index (κ2) is 4.28. The number of aromatic nitrogens is 1. The van der Waals surface area contributed by atoms with Crippen molar-refractivity contribution < 1.29 is 4.79 Å². The average Bonchev–Trinajstić information content (AvgIpc) is 2.50. The number of hydrogen-bond donors (Lipinski definition) is 2. The second-order valence-electron chi connectivity index (χ2n) is 4.21. The van der Waals surface area contributed by atoms with Gasteiger partial charge in [0.25, 0.3) is 0 Å². The van der Waals surface area contributed by atoms with Gasteiger partial charge in [-0.3, -0.25) is 4.79 Å². The number of thiazole rings is 1. The van der Waals surface area contributed by atoms with Gasteiger partial charge in [0, 0.05) is 5.38 Å². The van der Waals surface area contributed by atoms with Crippen molar-refractivity contribution in [3.8, 4) is 0 Å². The molecule has 1 amide bonds. The number of carbonyl (C=O) groups excluding carboxylic acids is 1. The van der Waals surface area contributed by atoms with Crippen LogP contribution in [0.15, 0.2) is 5.38 Å². The second-order valence-corrected chi connectivity index (χ2v) is 5.27. The van der Waals surface area contributed by atoms with Gasteiger partial charge in [-0.15, -0.1) is 11.3 Å². The lowest BCUT2D eigenvalue weighted by molar-refractivity contribution is -0.125. The molecule has 0 aliphatic heterocycles. The average molecular weight is 227 g/mol. The van der Waals surface area contributed by atoms with E-state index >= 15 is 0 Å². The number of rotatable bonds is 3. The van der Waals surface area contributed by atoms with Crippen molar-refractivity contribution in [2.24, 2.45) is 5.73 Å². The van der Waals surface area contributed by atoms with Crippen LogP contribution in [0.2, 0.25) is 0 Å². The van der Waals surface area contributed by atoms with Crippen LogP contribution in [0.4, 0.5) is 0 Å². The van der Waals surface area contributed by atoms with Gasteiger partial charge < -0.3 is 11.1 Å². The van der Waals surface area contributed by atoms with E-state index in [4.69, 9.17) is 5.73 Å². The van der Waals surface area contributed by atoms with Gasteiger partial charge >= 0.3 is 0 Å². The highest BCUT2D eigenvalue weighted by molar-refractivity contribution is 7.09. The quantitative estimate of drug-likeness (QED) is 0.819. The monoisotopic (exact) mass is 227 g/mol. The van der Waals surface area contributed by atoms with E-state index in [2.05, 4.69) is 10.3 Å². The summed E-state index contributed by atoms with van der Waals surface area (Å²) in [5, 5.41) is 5.78. The summed E-state index contributed by atoms with van der Waals surface area (Å²) in [4.78, 5) is 15.9. The maximum Gasteiger partial charge on any atom is 0.240 e. The minimum atomic E-state index is -0.848. The summed E-state index contributed by atoms with van der Waals surface area (Å²) in [5.74, 6) is -0.166. The van der Waals surface area contributed by atoms with Gasteiger partial charge in [-0.25, -0.2) is 4.98 Å². The highest BCUT2D eigenvalue weighted by atomic mass is 32.1. The van der Waals surface area contributed by atoms with E-state index in [0.717, 1.165) is 10.7 Å². The Hall–Kier alpha value is -0.940. The summed E-state index contributed by atoms with van der Waals surface area (Å²) in [6.45, 7) is 7.20. The molecule has 0 aromatic carbocycles. The molecule has 0 saturated carbocycles. The topological polar surface area (TPSA) is 68.0 Å². The van der Waals surface area contributed by atoms with Crippen LogP contribution in [0.5, 0.6) is 0 Å². The first-order valence-electron chi connectivity index (χ1n) is 4.82. The molecule has 15 heavy (non-hydrogen) atoms. The lowest BCUT2D eigenvalue weighted by Crippen LogP contribution is -2.49. The Balaban J connectivity index is 2.64. The van der Waals surface area contributed by atoms with E-state index in [1.54, 1.807) is 25.2 Å². The third kappa shape index (κ3) is 3.28. The Morgan fingerprint density at radius 2 is 2.27 bits per heavy atom. The smallest absolute Gasteiger partial charge is 0.240 e. The Morgan fingerprint density at radius 3 is 2.67 bits per heavy atom. The molecule has 0 aliphatic carbocycles. The molecule has 3 N–H and O–H groups in total. The van der Waals surface area contributed by atoms with Gasteiger partial charge in [0.15, 0.2) is 0 Å². The van der Waals surface area contributed by atoms with E-state index in [-0.39, 0.29) is 11.9 Å². The minimum absolute atomic E-state index is 0.0923. The van der Waals surface area contributed by atoms with Crippen LogP contribution in [-0.4, -0.2) is 16.4 Å². The predicted octanol–water partition coefficient (Wildman–Crippen LogP) is 1.37. The van der Waals surface area contributed by atoms with Crippen molar-refractivity contribution in [2.45, 2.75) is 39.3 Å². The molecule has 0 aliphatic rings. The van der Waals surface area contributed by atoms with Crippen LogP contribution < -0.4 is 11.1 Å². The zero-order valence-electron chi connectivity index (χ0n) is 9.50. The van der Waals surface area contributed by atoms with Crippen molar-refractivity contribution >= 4 is 17.2 Å². The van der Waals surface area contributed by atoms with Crippen molar-refractivity contribution in [3.05, 3.63) is 16.1 Å². The first-order chi connectivity index (χ1) is 6.80. The van der Waals surface area contributed by atoms with Crippen LogP contribution >= 0.6 is 11.3 Å². The Morgan fingerprint density at radius 1 is 1.67 bits per heavy atom. The van der Waals surface area contributed by atoms with Gasteiger partial charge in [0.2, 0.25) is 5.91 Å². The number of hydrogen-bond acceptors (Lipinski definition) is 4. The van der Waals surface area contributed by atoms with Crippen LogP contribution in [0, 0.1) is 6.92 Å². The van der Waals surface area contributed by atoms with E-state index in [1.165, 1.54) is 0 Å². The molecule has 1 unspecified atom stereocenters. The number of amides is 1. The maximum atomic E-state index is 11.6. The maximum absolute atomic E-state index is 11.6. The lowest BCUT2D eigenvalue weighted by atomic mass is 10.1. The summed E-state index contributed by atoms with van der Waals surface area (Å²) in [6, 6.07) is -0.0923. The van der Waals surface area contributed by atoms with Crippen molar-refractivity contribution in [1.29, 1.82) is 0 Å². The fraction of sp³-hybridized carbons (Fsp3) is 0.600. The minimum Gasteiger partial charge on any atom is -0.346 e. The standard InChI is InChI=1S/C10H17N3OS/c1-6(8-5-15-7(2)13-8)12-9(14)10(3,4)11/h5-6H,11H2,1-4H3,(H,12,14). The Kier molecular flexibility index (Phi) is 3.46. The van der Waals surface area contributed by atoms with Gasteiger partial charge in [-0.05, 0) is 27.7 Å². The molecule has 1 aromatic rings. The zero-order chi connectivity index (χ0) is 11.6. The molecule has 0 bridgehead atoms. The SMILES string of the molecule is Cc1nc(C(C)NC(=O)C(C)(C)N)cs1. The number of nitrogens with two attached hydrogens (primary N) is 1. The highest BCUT2D eigenvalue weighted by Crippen LogP contribution is 2.16. The molecule has 1 rings (SSSR count). The molecule has 5 heteroatoms. The van der Waals surface area contributed by atoms with Gasteiger partial charge in [-0.1, -0.05) is 0 Å². The molecule has 84 valence electrons. The Labute approximate surface area is 93.9 Å².